The Kier molecular flexibility index (Phi) is 7.84. The molecule has 180 valence electrons. The van der Waals surface area contributed by atoms with Crippen LogP contribution in [0.25, 0.3) is 0 Å². The van der Waals surface area contributed by atoms with E-state index in [1.165, 1.54) is 13.7 Å². The second-order valence-electron chi connectivity index (χ2n) is 7.75. The number of nitrogens with zero attached hydrogens (tertiary/aromatic N) is 2. The van der Waals surface area contributed by atoms with Gasteiger partial charge in [-0.25, -0.2) is 9.18 Å². The van der Waals surface area contributed by atoms with Crippen molar-refractivity contribution in [3.8, 4) is 0 Å². The Morgan fingerprint density at radius 2 is 1.74 bits per heavy atom. The average Bonchev–Trinajstić information content (AvgIpc) is 2.78. The lowest BCUT2D eigenvalue weighted by Gasteiger charge is -2.23. The molecule has 2 aromatic carbocycles. The van der Waals surface area contributed by atoms with Crippen LogP contribution in [-0.2, 0) is 19.3 Å². The van der Waals surface area contributed by atoms with E-state index in [2.05, 4.69) is 21.2 Å². The van der Waals surface area contributed by atoms with Crippen molar-refractivity contribution in [2.45, 2.75) is 39.1 Å². The predicted molar refractivity (Wildman–Crippen MR) is 124 cm³/mol. The highest BCUT2D eigenvalue weighted by molar-refractivity contribution is 9.10. The first kappa shape index (κ1) is 25.9. The van der Waals surface area contributed by atoms with Gasteiger partial charge in [-0.2, -0.15) is 13.2 Å². The van der Waals surface area contributed by atoms with E-state index in [0.717, 1.165) is 27.3 Å². The van der Waals surface area contributed by atoms with Crippen LogP contribution in [0.5, 0.6) is 0 Å². The summed E-state index contributed by atoms with van der Waals surface area (Å²) < 4.78 is 56.6. The first-order valence-electron chi connectivity index (χ1n) is 10.2. The predicted octanol–water partition coefficient (Wildman–Crippen LogP) is 3.73. The summed E-state index contributed by atoms with van der Waals surface area (Å²) in [4.78, 5) is 26.2. The first-order valence-corrected chi connectivity index (χ1v) is 11.0. The SMILES string of the molecule is CB(O)N[C@@H](Cn1c(=O)c(Br)c(C)n(Cc2c(F)cccc2C(F)(F)F)c1=O)c1ccccc1. The Morgan fingerprint density at radius 3 is 2.32 bits per heavy atom. The molecule has 2 N–H and O–H groups in total. The zero-order valence-corrected chi connectivity index (χ0v) is 19.8. The number of alkyl halides is 3. The maximum absolute atomic E-state index is 14.5. The highest BCUT2D eigenvalue weighted by Crippen LogP contribution is 2.33. The molecule has 0 aliphatic carbocycles. The van der Waals surface area contributed by atoms with E-state index in [1.54, 1.807) is 30.3 Å². The van der Waals surface area contributed by atoms with E-state index in [0.29, 0.717) is 5.56 Å². The van der Waals surface area contributed by atoms with E-state index in [4.69, 9.17) is 0 Å². The molecule has 3 rings (SSSR count). The summed E-state index contributed by atoms with van der Waals surface area (Å²) in [6.07, 6.45) is -4.83. The number of benzene rings is 2. The Balaban J connectivity index is 2.14. The largest absolute Gasteiger partial charge is 0.437 e. The average molecular weight is 542 g/mol. The van der Waals surface area contributed by atoms with Crippen LogP contribution < -0.4 is 16.5 Å². The van der Waals surface area contributed by atoms with E-state index in [-0.39, 0.29) is 16.7 Å². The molecule has 0 aliphatic rings. The Labute approximate surface area is 201 Å². The molecule has 1 atom stereocenters. The third kappa shape index (κ3) is 5.51. The van der Waals surface area contributed by atoms with Crippen molar-refractivity contribution in [3.63, 3.8) is 0 Å². The molecule has 34 heavy (non-hydrogen) atoms. The number of hydrogen-bond donors (Lipinski definition) is 2. The molecule has 0 unspecified atom stereocenters. The lowest BCUT2D eigenvalue weighted by Crippen LogP contribution is -2.46. The second-order valence-corrected chi connectivity index (χ2v) is 8.55. The molecule has 0 spiro atoms. The van der Waals surface area contributed by atoms with Crippen molar-refractivity contribution in [2.75, 3.05) is 0 Å². The molecular formula is C22H21BBrF4N3O3. The van der Waals surface area contributed by atoms with E-state index in [1.807, 2.05) is 0 Å². The van der Waals surface area contributed by atoms with Gasteiger partial charge in [-0.3, -0.25) is 13.9 Å². The quantitative estimate of drug-likeness (QED) is 0.353. The van der Waals surface area contributed by atoms with Crippen molar-refractivity contribution in [1.82, 2.24) is 14.4 Å². The van der Waals surface area contributed by atoms with Gasteiger partial charge in [0, 0.05) is 23.8 Å². The molecule has 0 amide bonds. The smallest absolute Gasteiger partial charge is 0.416 e. The summed E-state index contributed by atoms with van der Waals surface area (Å²) in [5, 5.41) is 12.7. The van der Waals surface area contributed by atoms with Gasteiger partial charge in [0.15, 0.2) is 0 Å². The highest BCUT2D eigenvalue weighted by atomic mass is 79.9. The fraction of sp³-hybridized carbons (Fsp3) is 0.273. The van der Waals surface area contributed by atoms with Crippen molar-refractivity contribution in [3.05, 3.63) is 102 Å². The summed E-state index contributed by atoms with van der Waals surface area (Å²) in [7, 11) is -0.982. The van der Waals surface area contributed by atoms with Crippen molar-refractivity contribution >= 4 is 23.0 Å². The molecule has 0 radical (unpaired) electrons. The maximum Gasteiger partial charge on any atom is 0.416 e. The third-order valence-electron chi connectivity index (χ3n) is 5.37. The molecule has 3 aromatic rings. The zero-order valence-electron chi connectivity index (χ0n) is 18.2. The van der Waals surface area contributed by atoms with Gasteiger partial charge in [-0.1, -0.05) is 36.4 Å². The summed E-state index contributed by atoms with van der Waals surface area (Å²) in [6, 6.07) is 10.6. The number of hydrogen-bond acceptors (Lipinski definition) is 4. The van der Waals surface area contributed by atoms with Gasteiger partial charge in [0.05, 0.1) is 12.1 Å². The molecule has 6 nitrogen and oxygen atoms in total. The highest BCUT2D eigenvalue weighted by Gasteiger charge is 2.35. The van der Waals surface area contributed by atoms with Crippen molar-refractivity contribution in [1.29, 1.82) is 0 Å². The zero-order chi connectivity index (χ0) is 25.2. The van der Waals surface area contributed by atoms with Gasteiger partial charge in [-0.15, -0.1) is 0 Å². The van der Waals surface area contributed by atoms with Crippen LogP contribution in [0.2, 0.25) is 6.82 Å². The summed E-state index contributed by atoms with van der Waals surface area (Å²) in [6.45, 7) is 1.90. The molecule has 0 saturated carbocycles. The molecule has 0 bridgehead atoms. The van der Waals surface area contributed by atoms with Crippen molar-refractivity contribution < 1.29 is 22.6 Å². The number of nitrogens with one attached hydrogen (secondary N) is 1. The second kappa shape index (κ2) is 10.3. The van der Waals surface area contributed by atoms with Crippen LogP contribution >= 0.6 is 15.9 Å². The topological polar surface area (TPSA) is 76.3 Å². The van der Waals surface area contributed by atoms with Gasteiger partial charge in [0.2, 0.25) is 0 Å². The first-order chi connectivity index (χ1) is 15.9. The molecule has 1 aromatic heterocycles. The molecule has 1 heterocycles. The Morgan fingerprint density at radius 1 is 1.09 bits per heavy atom. The van der Waals surface area contributed by atoms with Crippen molar-refractivity contribution in [2.24, 2.45) is 0 Å². The van der Waals surface area contributed by atoms with E-state index in [9.17, 15) is 32.2 Å². The monoisotopic (exact) mass is 541 g/mol. The van der Waals surface area contributed by atoms with Gasteiger partial charge in [0.25, 0.3) is 5.56 Å². The van der Waals surface area contributed by atoms with Gasteiger partial charge >= 0.3 is 18.9 Å². The van der Waals surface area contributed by atoms with Gasteiger partial charge < -0.3 is 10.3 Å². The van der Waals surface area contributed by atoms with Crippen LogP contribution in [0.1, 0.15) is 28.4 Å². The minimum atomic E-state index is -4.83. The summed E-state index contributed by atoms with van der Waals surface area (Å²) in [5.41, 5.74) is -2.79. The van der Waals surface area contributed by atoms with Crippen LogP contribution in [0.3, 0.4) is 0 Å². The van der Waals surface area contributed by atoms with Crippen LogP contribution in [0.4, 0.5) is 17.6 Å². The molecule has 12 heteroatoms. The van der Waals surface area contributed by atoms with E-state index < -0.39 is 54.0 Å². The van der Waals surface area contributed by atoms with Crippen LogP contribution in [-0.4, -0.2) is 21.2 Å². The molecular weight excluding hydrogens is 521 g/mol. The number of rotatable bonds is 7. The number of halogens is 5. The van der Waals surface area contributed by atoms with Gasteiger partial charge in [-0.05, 0) is 47.4 Å². The maximum atomic E-state index is 14.5. The van der Waals surface area contributed by atoms with E-state index >= 15 is 0 Å². The number of aromatic nitrogens is 2. The Hall–Kier alpha value is -2.70. The lowest BCUT2D eigenvalue weighted by atomic mass is 9.86. The Bertz CT molecular complexity index is 1290. The fourth-order valence-electron chi connectivity index (χ4n) is 3.67. The lowest BCUT2D eigenvalue weighted by molar-refractivity contribution is -0.138. The summed E-state index contributed by atoms with van der Waals surface area (Å²) in [5.74, 6) is -1.12. The fourth-order valence-corrected chi connectivity index (χ4v) is 4.10. The molecule has 0 fully saturated rings. The third-order valence-corrected chi connectivity index (χ3v) is 6.28. The molecule has 0 aliphatic heterocycles. The summed E-state index contributed by atoms with van der Waals surface area (Å²) >= 11 is 3.12. The normalized spacial score (nSPS) is 12.6. The van der Waals surface area contributed by atoms with Crippen LogP contribution in [0, 0.1) is 12.7 Å². The molecule has 0 saturated heterocycles. The van der Waals surface area contributed by atoms with Crippen LogP contribution in [0.15, 0.2) is 62.6 Å². The van der Waals surface area contributed by atoms with Gasteiger partial charge in [0.1, 0.15) is 10.3 Å². The minimum absolute atomic E-state index is 0.0409. The minimum Gasteiger partial charge on any atom is -0.437 e. The standard InChI is InChI=1S/C22H21BBrF4N3O3/c1-13-19(24)20(32)31(12-18(29-23(2)34)14-7-4-3-5-8-14)21(33)30(13)11-15-16(22(26,27)28)9-6-10-17(15)25/h3-10,18,29,34H,11-12H2,1-2H3/t18-/m0/s1.